The largest absolute Gasteiger partial charge is 0.496 e. The van der Waals surface area contributed by atoms with E-state index in [2.05, 4.69) is 11.6 Å². The summed E-state index contributed by atoms with van der Waals surface area (Å²) in [6.45, 7) is 3.69. The molecule has 1 saturated heterocycles. The van der Waals surface area contributed by atoms with Crippen molar-refractivity contribution in [3.05, 3.63) is 53.1 Å². The van der Waals surface area contributed by atoms with E-state index in [0.29, 0.717) is 35.5 Å². The number of benzene rings is 2. The molecule has 0 unspecified atom stereocenters. The molecule has 1 heterocycles. The van der Waals surface area contributed by atoms with Crippen LogP contribution in [0, 0.1) is 5.92 Å². The highest BCUT2D eigenvalue weighted by Gasteiger charge is 2.26. The maximum absolute atomic E-state index is 13.0. The number of sulfonamides is 1. The third-order valence-corrected chi connectivity index (χ3v) is 6.97. The Kier molecular flexibility index (Phi) is 7.80. The summed E-state index contributed by atoms with van der Waals surface area (Å²) in [6.07, 6.45) is 1.86. The Balaban J connectivity index is 1.67. The molecule has 2 aromatic rings. The molecule has 0 saturated carbocycles. The quantitative estimate of drug-likeness (QED) is 0.601. The highest BCUT2D eigenvalue weighted by atomic mass is 35.5. The van der Waals surface area contributed by atoms with Gasteiger partial charge in [0.25, 0.3) is 5.91 Å². The Morgan fingerprint density at radius 3 is 2.48 bits per heavy atom. The highest BCUT2D eigenvalue weighted by molar-refractivity contribution is 7.89. The van der Waals surface area contributed by atoms with E-state index in [1.54, 1.807) is 29.2 Å². The minimum Gasteiger partial charge on any atom is -0.496 e. The SMILES string of the molecule is COc1ccc(S(=O)(=O)NCCOc2ccc(Cl)cc2)cc1C(=O)N1CCC(C)CC1. The fraction of sp³-hybridized carbons (Fsp3) is 0.409. The van der Waals surface area contributed by atoms with Crippen molar-refractivity contribution in [1.82, 2.24) is 9.62 Å². The molecule has 31 heavy (non-hydrogen) atoms. The normalized spacial score (nSPS) is 15.0. The lowest BCUT2D eigenvalue weighted by atomic mass is 9.98. The average Bonchev–Trinajstić information content (AvgIpc) is 2.77. The number of halogens is 1. The average molecular weight is 467 g/mol. The number of carbonyl (C=O) groups excluding carboxylic acids is 1. The van der Waals surface area contributed by atoms with Gasteiger partial charge in [0.2, 0.25) is 10.0 Å². The molecule has 0 bridgehead atoms. The van der Waals surface area contributed by atoms with Gasteiger partial charge in [-0.15, -0.1) is 0 Å². The summed E-state index contributed by atoms with van der Waals surface area (Å²) in [4.78, 5) is 14.8. The van der Waals surface area contributed by atoms with Gasteiger partial charge in [-0.1, -0.05) is 18.5 Å². The first-order chi connectivity index (χ1) is 14.8. The molecule has 0 aliphatic carbocycles. The van der Waals surface area contributed by atoms with Crippen LogP contribution in [0.2, 0.25) is 5.02 Å². The van der Waals surface area contributed by atoms with Crippen molar-refractivity contribution < 1.29 is 22.7 Å². The molecule has 0 aromatic heterocycles. The standard InChI is InChI=1S/C22H27ClN2O5S/c1-16-9-12-25(13-10-16)22(26)20-15-19(7-8-21(20)29-2)31(27,28)24-11-14-30-18-5-3-17(23)4-6-18/h3-8,15-16,24H,9-14H2,1-2H3. The van der Waals surface area contributed by atoms with Crippen LogP contribution in [0.4, 0.5) is 0 Å². The van der Waals surface area contributed by atoms with Crippen LogP contribution in [0.3, 0.4) is 0 Å². The van der Waals surface area contributed by atoms with Gasteiger partial charge >= 0.3 is 0 Å². The number of methoxy groups -OCH3 is 1. The van der Waals surface area contributed by atoms with Gasteiger partial charge in [0.05, 0.1) is 17.6 Å². The first-order valence-corrected chi connectivity index (χ1v) is 12.0. The molecule has 3 rings (SSSR count). The van der Waals surface area contributed by atoms with Gasteiger partial charge in [-0.3, -0.25) is 4.79 Å². The zero-order valence-electron chi connectivity index (χ0n) is 17.6. The van der Waals surface area contributed by atoms with Crippen molar-refractivity contribution >= 4 is 27.5 Å². The maximum Gasteiger partial charge on any atom is 0.257 e. The Bertz CT molecular complexity index is 1000. The van der Waals surface area contributed by atoms with Crippen molar-refractivity contribution in [1.29, 1.82) is 0 Å². The van der Waals surface area contributed by atoms with Crippen LogP contribution < -0.4 is 14.2 Å². The van der Waals surface area contributed by atoms with Gasteiger partial charge in [0, 0.05) is 24.7 Å². The van der Waals surface area contributed by atoms with E-state index in [-0.39, 0.29) is 29.5 Å². The molecule has 1 fully saturated rings. The first kappa shape index (κ1) is 23.4. The number of hydrogen-bond acceptors (Lipinski definition) is 5. The molecule has 2 aromatic carbocycles. The molecule has 7 nitrogen and oxygen atoms in total. The van der Waals surface area contributed by atoms with E-state index in [1.807, 2.05) is 0 Å². The van der Waals surface area contributed by atoms with E-state index in [0.717, 1.165) is 12.8 Å². The molecule has 0 atom stereocenters. The van der Waals surface area contributed by atoms with E-state index < -0.39 is 10.0 Å². The predicted octanol–water partition coefficient (Wildman–Crippen LogP) is 3.58. The van der Waals surface area contributed by atoms with Crippen LogP contribution >= 0.6 is 11.6 Å². The molecule has 1 amide bonds. The number of piperidine rings is 1. The lowest BCUT2D eigenvalue weighted by molar-refractivity contribution is 0.0693. The van der Waals surface area contributed by atoms with E-state index in [4.69, 9.17) is 21.1 Å². The fourth-order valence-corrected chi connectivity index (χ4v) is 4.53. The monoisotopic (exact) mass is 466 g/mol. The van der Waals surface area contributed by atoms with Crippen LogP contribution in [0.25, 0.3) is 0 Å². The summed E-state index contributed by atoms with van der Waals surface area (Å²) in [5.74, 6) is 1.31. The molecule has 1 aliphatic heterocycles. The van der Waals surface area contributed by atoms with Crippen molar-refractivity contribution in [2.75, 3.05) is 33.4 Å². The third-order valence-electron chi connectivity index (χ3n) is 5.26. The summed E-state index contributed by atoms with van der Waals surface area (Å²) in [5.41, 5.74) is 0.248. The Morgan fingerprint density at radius 1 is 1.16 bits per heavy atom. The van der Waals surface area contributed by atoms with Crippen LogP contribution in [0.15, 0.2) is 47.4 Å². The van der Waals surface area contributed by atoms with Gasteiger partial charge in [-0.2, -0.15) is 0 Å². The summed E-state index contributed by atoms with van der Waals surface area (Å²) >= 11 is 5.83. The number of ether oxygens (including phenoxy) is 2. The van der Waals surface area contributed by atoms with E-state index >= 15 is 0 Å². The van der Waals surface area contributed by atoms with E-state index in [1.165, 1.54) is 25.3 Å². The molecule has 0 radical (unpaired) electrons. The van der Waals surface area contributed by atoms with Crippen molar-refractivity contribution in [2.24, 2.45) is 5.92 Å². The zero-order valence-corrected chi connectivity index (χ0v) is 19.2. The van der Waals surface area contributed by atoms with Gasteiger partial charge in [0.15, 0.2) is 0 Å². The summed E-state index contributed by atoms with van der Waals surface area (Å²) in [6, 6.07) is 11.1. The number of likely N-dealkylation sites (tertiary alicyclic amines) is 1. The number of amides is 1. The van der Waals surface area contributed by atoms with Gasteiger partial charge in [0.1, 0.15) is 18.1 Å². The molecular weight excluding hydrogens is 440 g/mol. The number of carbonyl (C=O) groups is 1. The smallest absolute Gasteiger partial charge is 0.257 e. The van der Waals surface area contributed by atoms with Crippen LogP contribution in [0.1, 0.15) is 30.1 Å². The minimum absolute atomic E-state index is 0.00789. The van der Waals surface area contributed by atoms with Crippen LogP contribution in [0.5, 0.6) is 11.5 Å². The third kappa shape index (κ3) is 6.12. The number of rotatable bonds is 8. The topological polar surface area (TPSA) is 84.9 Å². The Morgan fingerprint density at radius 2 is 1.84 bits per heavy atom. The van der Waals surface area contributed by atoms with Crippen molar-refractivity contribution in [2.45, 2.75) is 24.7 Å². The minimum atomic E-state index is -3.82. The molecule has 1 N–H and O–H groups in total. The van der Waals surface area contributed by atoms with Crippen molar-refractivity contribution in [3.8, 4) is 11.5 Å². The molecule has 9 heteroatoms. The van der Waals surface area contributed by atoms with Gasteiger partial charge in [-0.25, -0.2) is 13.1 Å². The molecule has 0 spiro atoms. The molecule has 1 aliphatic rings. The molecule has 168 valence electrons. The van der Waals surface area contributed by atoms with Crippen LogP contribution in [-0.2, 0) is 10.0 Å². The Hall–Kier alpha value is -2.29. The maximum atomic E-state index is 13.0. The Labute approximate surface area is 188 Å². The molecular formula is C22H27ClN2O5S. The zero-order chi connectivity index (χ0) is 22.4. The first-order valence-electron chi connectivity index (χ1n) is 10.2. The second kappa shape index (κ2) is 10.3. The number of nitrogens with zero attached hydrogens (tertiary/aromatic N) is 1. The lowest BCUT2D eigenvalue weighted by Gasteiger charge is -2.30. The van der Waals surface area contributed by atoms with Crippen molar-refractivity contribution in [3.63, 3.8) is 0 Å². The number of nitrogens with one attached hydrogen (secondary N) is 1. The fourth-order valence-electron chi connectivity index (χ4n) is 3.36. The summed E-state index contributed by atoms with van der Waals surface area (Å²) in [7, 11) is -2.36. The second-order valence-corrected chi connectivity index (χ2v) is 9.74. The summed E-state index contributed by atoms with van der Waals surface area (Å²) < 4.78 is 38.8. The second-order valence-electron chi connectivity index (χ2n) is 7.54. The summed E-state index contributed by atoms with van der Waals surface area (Å²) in [5, 5.41) is 0.594. The van der Waals surface area contributed by atoms with Crippen LogP contribution in [-0.4, -0.2) is 52.6 Å². The number of hydrogen-bond donors (Lipinski definition) is 1. The van der Waals surface area contributed by atoms with Gasteiger partial charge < -0.3 is 14.4 Å². The highest BCUT2D eigenvalue weighted by Crippen LogP contribution is 2.26. The lowest BCUT2D eigenvalue weighted by Crippen LogP contribution is -2.38. The van der Waals surface area contributed by atoms with Gasteiger partial charge in [-0.05, 0) is 61.2 Å². The predicted molar refractivity (Wildman–Crippen MR) is 119 cm³/mol. The van der Waals surface area contributed by atoms with E-state index in [9.17, 15) is 13.2 Å².